The summed E-state index contributed by atoms with van der Waals surface area (Å²) in [7, 11) is 0. The minimum Gasteiger partial charge on any atom is -0.471 e. The number of halogens is 2. The van der Waals surface area contributed by atoms with E-state index in [1.807, 2.05) is 0 Å². The summed E-state index contributed by atoms with van der Waals surface area (Å²) in [5, 5.41) is 0.282. The van der Waals surface area contributed by atoms with Crippen LogP contribution in [0, 0.1) is 5.92 Å². The van der Waals surface area contributed by atoms with Crippen molar-refractivity contribution < 1.29 is 17.9 Å². The number of alkyl halides is 2. The number of nitrogens with zero attached hydrogens (tertiary/aromatic N) is 1. The highest BCUT2D eigenvalue weighted by atomic mass is 19.3. The number of aryl methyl sites for hydroxylation is 1. The van der Waals surface area contributed by atoms with E-state index in [2.05, 4.69) is 9.97 Å². The molecule has 0 bridgehead atoms. The van der Waals surface area contributed by atoms with Gasteiger partial charge in [-0.1, -0.05) is 19.3 Å². The summed E-state index contributed by atoms with van der Waals surface area (Å²) in [5.74, 6) is 0.384. The van der Waals surface area contributed by atoms with Gasteiger partial charge in [-0.25, -0.2) is 18.4 Å². The third-order valence-electron chi connectivity index (χ3n) is 4.07. The Balaban J connectivity index is 2.01. The zero-order chi connectivity index (χ0) is 16.4. The normalized spacial score (nSPS) is 15.1. The van der Waals surface area contributed by atoms with Crippen LogP contribution in [0.2, 0.25) is 0 Å². The van der Waals surface area contributed by atoms with Gasteiger partial charge >= 0.3 is 11.3 Å². The Kier molecular flexibility index (Phi) is 4.40. The number of ether oxygens (including phenoxy) is 1. The lowest BCUT2D eigenvalue weighted by Gasteiger charge is -2.25. The summed E-state index contributed by atoms with van der Waals surface area (Å²) in [6.07, 6.45) is 2.28. The summed E-state index contributed by atoms with van der Waals surface area (Å²) in [5.41, 5.74) is -0.926. The van der Waals surface area contributed by atoms with E-state index >= 15 is 0 Å². The maximum atomic E-state index is 12.4. The third-order valence-corrected chi connectivity index (χ3v) is 4.07. The molecule has 0 unspecified atom stereocenters. The first-order valence-corrected chi connectivity index (χ1v) is 7.51. The molecule has 2 heterocycles. The molecule has 1 fully saturated rings. The molecule has 0 aliphatic heterocycles. The molecule has 0 radical (unpaired) electrons. The van der Waals surface area contributed by atoms with Gasteiger partial charge in [0.2, 0.25) is 11.6 Å². The largest absolute Gasteiger partial charge is 0.471 e. The standard InChI is InChI=1S/C15H16F2N2O4/c16-10(17)7-22-13-12-9(5-4-8-2-1-3-8)6-11(20)23-14(12)19-15(21)18-13/h6,8,10H,1-5,7H2,(H,18,19,21). The average molecular weight is 326 g/mol. The number of aromatic nitrogens is 2. The molecule has 0 aromatic carbocycles. The predicted molar refractivity (Wildman–Crippen MR) is 78.1 cm³/mol. The zero-order valence-corrected chi connectivity index (χ0v) is 12.3. The lowest BCUT2D eigenvalue weighted by molar-refractivity contribution is 0.0802. The Hall–Kier alpha value is -2.25. The van der Waals surface area contributed by atoms with Crippen LogP contribution in [-0.4, -0.2) is 23.0 Å². The molecule has 2 aromatic rings. The molecule has 124 valence electrons. The van der Waals surface area contributed by atoms with Crippen LogP contribution in [-0.2, 0) is 6.42 Å². The summed E-state index contributed by atoms with van der Waals surface area (Å²) < 4.78 is 34.7. The minimum atomic E-state index is -2.69. The van der Waals surface area contributed by atoms with Crippen molar-refractivity contribution >= 4 is 11.1 Å². The first-order valence-electron chi connectivity index (χ1n) is 7.51. The molecule has 1 saturated carbocycles. The second-order valence-corrected chi connectivity index (χ2v) is 5.68. The summed E-state index contributed by atoms with van der Waals surface area (Å²) in [4.78, 5) is 29.1. The van der Waals surface area contributed by atoms with Crippen LogP contribution in [0.3, 0.4) is 0 Å². The summed E-state index contributed by atoms with van der Waals surface area (Å²) >= 11 is 0. The van der Waals surface area contributed by atoms with Gasteiger partial charge in [0.25, 0.3) is 6.43 Å². The number of hydrogen-bond acceptors (Lipinski definition) is 5. The second kappa shape index (κ2) is 6.47. The molecule has 1 N–H and O–H groups in total. The topological polar surface area (TPSA) is 85.2 Å². The summed E-state index contributed by atoms with van der Waals surface area (Å²) in [6, 6.07) is 1.30. The molecule has 1 aliphatic carbocycles. The molecule has 0 atom stereocenters. The Bertz CT molecular complexity index is 806. The molecule has 3 rings (SSSR count). The van der Waals surface area contributed by atoms with Crippen LogP contribution < -0.4 is 16.1 Å². The van der Waals surface area contributed by atoms with E-state index in [1.54, 1.807) is 0 Å². The Morgan fingerprint density at radius 3 is 2.83 bits per heavy atom. The van der Waals surface area contributed by atoms with Crippen molar-refractivity contribution in [3.63, 3.8) is 0 Å². The fourth-order valence-corrected chi connectivity index (χ4v) is 2.72. The third kappa shape index (κ3) is 3.57. The van der Waals surface area contributed by atoms with E-state index in [0.29, 0.717) is 17.9 Å². The van der Waals surface area contributed by atoms with Gasteiger partial charge in [-0.05, 0) is 24.3 Å². The number of fused-ring (bicyclic) bond motifs is 1. The van der Waals surface area contributed by atoms with Crippen molar-refractivity contribution in [2.75, 3.05) is 6.61 Å². The van der Waals surface area contributed by atoms with Gasteiger partial charge in [0.15, 0.2) is 6.61 Å². The van der Waals surface area contributed by atoms with Gasteiger partial charge in [-0.15, -0.1) is 0 Å². The Morgan fingerprint density at radius 1 is 1.39 bits per heavy atom. The molecule has 0 amide bonds. The SMILES string of the molecule is O=c1nc(OCC(F)F)c2c(CCC3CCC3)cc(=O)oc2[nH]1. The van der Waals surface area contributed by atoms with E-state index in [4.69, 9.17) is 9.15 Å². The maximum absolute atomic E-state index is 12.4. The van der Waals surface area contributed by atoms with Crippen LogP contribution >= 0.6 is 0 Å². The van der Waals surface area contributed by atoms with Crippen LogP contribution in [0.25, 0.3) is 11.1 Å². The van der Waals surface area contributed by atoms with Crippen molar-refractivity contribution in [3.8, 4) is 5.88 Å². The van der Waals surface area contributed by atoms with Gasteiger partial charge < -0.3 is 9.15 Å². The number of H-pyrrole nitrogens is 1. The Morgan fingerprint density at radius 2 is 2.17 bits per heavy atom. The molecular formula is C15H16F2N2O4. The fraction of sp³-hybridized carbons (Fsp3) is 0.533. The molecular weight excluding hydrogens is 310 g/mol. The van der Waals surface area contributed by atoms with Crippen LogP contribution in [0.4, 0.5) is 8.78 Å². The van der Waals surface area contributed by atoms with Gasteiger partial charge in [-0.2, -0.15) is 4.98 Å². The van der Waals surface area contributed by atoms with Crippen molar-refractivity contribution in [3.05, 3.63) is 32.5 Å². The highest BCUT2D eigenvalue weighted by molar-refractivity contribution is 5.82. The van der Waals surface area contributed by atoms with E-state index in [1.165, 1.54) is 12.5 Å². The predicted octanol–water partition coefficient (Wildman–Crippen LogP) is 2.25. The van der Waals surface area contributed by atoms with Gasteiger partial charge in [0, 0.05) is 6.07 Å². The minimum absolute atomic E-state index is 0.0922. The average Bonchev–Trinajstić information content (AvgIpc) is 2.41. The van der Waals surface area contributed by atoms with Crippen molar-refractivity contribution in [2.45, 2.75) is 38.5 Å². The smallest absolute Gasteiger partial charge is 0.351 e. The zero-order valence-electron chi connectivity index (χ0n) is 12.3. The van der Waals surface area contributed by atoms with Gasteiger partial charge in [0.1, 0.15) is 5.39 Å². The van der Waals surface area contributed by atoms with Crippen LogP contribution in [0.15, 0.2) is 20.1 Å². The quantitative estimate of drug-likeness (QED) is 0.880. The molecule has 8 heteroatoms. The van der Waals surface area contributed by atoms with Gasteiger partial charge in [0.05, 0.1) is 0 Å². The Labute approximate surface area is 129 Å². The number of aromatic amines is 1. The molecule has 6 nitrogen and oxygen atoms in total. The van der Waals surface area contributed by atoms with Crippen molar-refractivity contribution in [1.29, 1.82) is 0 Å². The van der Waals surface area contributed by atoms with Crippen LogP contribution in [0.1, 0.15) is 31.2 Å². The van der Waals surface area contributed by atoms with E-state index in [0.717, 1.165) is 19.3 Å². The number of nitrogens with one attached hydrogen (secondary N) is 1. The van der Waals surface area contributed by atoms with Crippen molar-refractivity contribution in [1.82, 2.24) is 9.97 Å². The molecule has 1 aliphatic rings. The number of rotatable bonds is 6. The lowest BCUT2D eigenvalue weighted by atomic mass is 9.81. The first kappa shape index (κ1) is 15.6. The second-order valence-electron chi connectivity index (χ2n) is 5.68. The highest BCUT2D eigenvalue weighted by Crippen LogP contribution is 2.32. The van der Waals surface area contributed by atoms with E-state index < -0.39 is 24.3 Å². The van der Waals surface area contributed by atoms with E-state index in [-0.39, 0.29) is 17.0 Å². The number of hydrogen-bond donors (Lipinski definition) is 1. The molecule has 2 aromatic heterocycles. The monoisotopic (exact) mass is 326 g/mol. The molecule has 0 spiro atoms. The summed E-state index contributed by atoms with van der Waals surface area (Å²) in [6.45, 7) is -0.882. The van der Waals surface area contributed by atoms with Gasteiger partial charge in [-0.3, -0.25) is 4.98 Å². The van der Waals surface area contributed by atoms with Crippen molar-refractivity contribution in [2.24, 2.45) is 5.92 Å². The van der Waals surface area contributed by atoms with Crippen LogP contribution in [0.5, 0.6) is 5.88 Å². The fourth-order valence-electron chi connectivity index (χ4n) is 2.72. The lowest BCUT2D eigenvalue weighted by Crippen LogP contribution is -2.18. The molecule has 0 saturated heterocycles. The first-order chi connectivity index (χ1) is 11.0. The molecule has 23 heavy (non-hydrogen) atoms. The maximum Gasteiger partial charge on any atom is 0.351 e. The van der Waals surface area contributed by atoms with E-state index in [9.17, 15) is 18.4 Å². The highest BCUT2D eigenvalue weighted by Gasteiger charge is 2.20.